The summed E-state index contributed by atoms with van der Waals surface area (Å²) < 4.78 is 0. The molecule has 1 aliphatic rings. The molecule has 0 aromatic heterocycles. The number of benzene rings is 1. The summed E-state index contributed by atoms with van der Waals surface area (Å²) >= 11 is 0. The fraction of sp³-hybridized carbons (Fsp3) is 0.500. The molecule has 0 N–H and O–H groups in total. The Balaban J connectivity index is 2.11. The number of nitrogens with zero attached hydrogens (tertiary/aromatic N) is 3. The van der Waals surface area contributed by atoms with E-state index in [1.807, 2.05) is 48.2 Å². The molecule has 1 aromatic rings. The van der Waals surface area contributed by atoms with Crippen molar-refractivity contribution in [1.82, 2.24) is 4.90 Å². The fourth-order valence-corrected chi connectivity index (χ4v) is 2.52. The first kappa shape index (κ1) is 15.4. The van der Waals surface area contributed by atoms with Crippen molar-refractivity contribution in [3.8, 4) is 0 Å². The van der Waals surface area contributed by atoms with Crippen LogP contribution in [0.3, 0.4) is 0 Å². The molecule has 114 valence electrons. The number of likely N-dealkylation sites (tertiary alicyclic amines) is 1. The number of rotatable bonds is 4. The molecular formula is C16H23N3O2. The predicted molar refractivity (Wildman–Crippen MR) is 84.6 cm³/mol. The zero-order chi connectivity index (χ0) is 15.4. The highest BCUT2D eigenvalue weighted by Gasteiger charge is 2.22. The van der Waals surface area contributed by atoms with Crippen LogP contribution in [0.5, 0.6) is 0 Å². The zero-order valence-electron chi connectivity index (χ0n) is 13.0. The summed E-state index contributed by atoms with van der Waals surface area (Å²) in [5.74, 6) is -0.0838. The molecule has 1 heterocycles. The number of carbonyl (C=O) groups excluding carboxylic acids is 2. The highest BCUT2D eigenvalue weighted by molar-refractivity contribution is 5.97. The zero-order valence-corrected chi connectivity index (χ0v) is 13.0. The Morgan fingerprint density at radius 1 is 1.05 bits per heavy atom. The molecule has 5 heteroatoms. The molecule has 21 heavy (non-hydrogen) atoms. The van der Waals surface area contributed by atoms with Crippen molar-refractivity contribution in [2.45, 2.75) is 19.8 Å². The van der Waals surface area contributed by atoms with E-state index in [0.29, 0.717) is 0 Å². The van der Waals surface area contributed by atoms with Crippen LogP contribution in [0.4, 0.5) is 11.4 Å². The highest BCUT2D eigenvalue weighted by Crippen LogP contribution is 2.20. The number of anilines is 2. The largest absolute Gasteiger partial charge is 0.378 e. The van der Waals surface area contributed by atoms with Gasteiger partial charge in [-0.3, -0.25) is 9.59 Å². The van der Waals surface area contributed by atoms with Crippen LogP contribution in [0.25, 0.3) is 0 Å². The average molecular weight is 289 g/mol. The molecule has 1 aliphatic heterocycles. The molecule has 0 spiro atoms. The van der Waals surface area contributed by atoms with Gasteiger partial charge in [-0.05, 0) is 37.1 Å². The minimum atomic E-state index is -0.111. The Hall–Kier alpha value is -2.04. The van der Waals surface area contributed by atoms with E-state index in [2.05, 4.69) is 0 Å². The molecule has 0 unspecified atom stereocenters. The van der Waals surface area contributed by atoms with Crippen molar-refractivity contribution >= 4 is 23.2 Å². The van der Waals surface area contributed by atoms with E-state index in [-0.39, 0.29) is 18.4 Å². The van der Waals surface area contributed by atoms with Gasteiger partial charge in [-0.15, -0.1) is 0 Å². The van der Waals surface area contributed by atoms with E-state index < -0.39 is 0 Å². The van der Waals surface area contributed by atoms with Gasteiger partial charge in [0, 0.05) is 45.5 Å². The number of hydrogen-bond donors (Lipinski definition) is 0. The first-order valence-electron chi connectivity index (χ1n) is 7.32. The average Bonchev–Trinajstić information content (AvgIpc) is 2.98. The second kappa shape index (κ2) is 6.61. The maximum absolute atomic E-state index is 12.2. The van der Waals surface area contributed by atoms with Crippen molar-refractivity contribution in [2.75, 3.05) is 43.5 Å². The Morgan fingerprint density at radius 3 is 2.05 bits per heavy atom. The van der Waals surface area contributed by atoms with Crippen LogP contribution in [0, 0.1) is 0 Å². The normalized spacial score (nSPS) is 14.1. The van der Waals surface area contributed by atoms with Gasteiger partial charge in [-0.2, -0.15) is 0 Å². The molecule has 0 aliphatic carbocycles. The topological polar surface area (TPSA) is 43.9 Å². The summed E-state index contributed by atoms with van der Waals surface area (Å²) in [7, 11) is 3.93. The first-order valence-corrected chi connectivity index (χ1v) is 7.32. The Labute approximate surface area is 126 Å². The number of amides is 2. The van der Waals surface area contributed by atoms with E-state index in [0.717, 1.165) is 37.3 Å². The molecule has 1 saturated heterocycles. The second-order valence-electron chi connectivity index (χ2n) is 5.60. The van der Waals surface area contributed by atoms with Gasteiger partial charge in [0.05, 0.1) is 0 Å². The molecule has 1 aromatic carbocycles. The van der Waals surface area contributed by atoms with E-state index in [4.69, 9.17) is 0 Å². The highest BCUT2D eigenvalue weighted by atomic mass is 16.2. The standard InChI is InChI=1S/C16H23N3O2/c1-13(20)19(12-16(21)18-10-4-5-11-18)15-8-6-14(7-9-15)17(2)3/h6-9H,4-5,10-12H2,1-3H3. The van der Waals surface area contributed by atoms with Crippen molar-refractivity contribution in [2.24, 2.45) is 0 Å². The molecule has 0 saturated carbocycles. The lowest BCUT2D eigenvalue weighted by molar-refractivity contribution is -0.130. The molecule has 0 bridgehead atoms. The van der Waals surface area contributed by atoms with Crippen LogP contribution >= 0.6 is 0 Å². The second-order valence-corrected chi connectivity index (χ2v) is 5.60. The molecule has 2 rings (SSSR count). The molecule has 2 amide bonds. The Morgan fingerprint density at radius 2 is 1.57 bits per heavy atom. The summed E-state index contributed by atoms with van der Waals surface area (Å²) in [6.45, 7) is 3.24. The molecule has 0 radical (unpaired) electrons. The first-order chi connectivity index (χ1) is 9.99. The summed E-state index contributed by atoms with van der Waals surface area (Å²) in [5.41, 5.74) is 1.83. The van der Waals surface area contributed by atoms with Crippen molar-refractivity contribution < 1.29 is 9.59 Å². The van der Waals surface area contributed by atoms with Crippen LogP contribution < -0.4 is 9.80 Å². The van der Waals surface area contributed by atoms with Gasteiger partial charge in [0.25, 0.3) is 0 Å². The third-order valence-electron chi connectivity index (χ3n) is 3.81. The van der Waals surface area contributed by atoms with Crippen LogP contribution in [-0.4, -0.2) is 50.4 Å². The molecule has 1 fully saturated rings. The van der Waals surface area contributed by atoms with Gasteiger partial charge in [0.1, 0.15) is 6.54 Å². The van der Waals surface area contributed by atoms with Crippen molar-refractivity contribution in [1.29, 1.82) is 0 Å². The SMILES string of the molecule is CC(=O)N(CC(=O)N1CCCC1)c1ccc(N(C)C)cc1. The van der Waals surface area contributed by atoms with Gasteiger partial charge >= 0.3 is 0 Å². The van der Waals surface area contributed by atoms with E-state index >= 15 is 0 Å². The van der Waals surface area contributed by atoms with Gasteiger partial charge in [0.2, 0.25) is 11.8 Å². The van der Waals surface area contributed by atoms with Gasteiger partial charge in [-0.25, -0.2) is 0 Å². The van der Waals surface area contributed by atoms with Gasteiger partial charge in [-0.1, -0.05) is 0 Å². The predicted octanol–water partition coefficient (Wildman–Crippen LogP) is 1.73. The summed E-state index contributed by atoms with van der Waals surface area (Å²) in [6, 6.07) is 7.67. The van der Waals surface area contributed by atoms with Crippen molar-refractivity contribution in [3.63, 3.8) is 0 Å². The fourth-order valence-electron chi connectivity index (χ4n) is 2.52. The third-order valence-corrected chi connectivity index (χ3v) is 3.81. The molecule has 5 nitrogen and oxygen atoms in total. The third kappa shape index (κ3) is 3.74. The summed E-state index contributed by atoms with van der Waals surface area (Å²) in [4.78, 5) is 29.5. The number of hydrogen-bond acceptors (Lipinski definition) is 3. The smallest absolute Gasteiger partial charge is 0.242 e. The van der Waals surface area contributed by atoms with Gasteiger partial charge < -0.3 is 14.7 Å². The van der Waals surface area contributed by atoms with Crippen LogP contribution in [-0.2, 0) is 9.59 Å². The number of carbonyl (C=O) groups is 2. The Bertz CT molecular complexity index is 505. The van der Waals surface area contributed by atoms with Crippen molar-refractivity contribution in [3.05, 3.63) is 24.3 Å². The maximum Gasteiger partial charge on any atom is 0.242 e. The quantitative estimate of drug-likeness (QED) is 0.848. The minimum absolute atomic E-state index is 0.0272. The summed E-state index contributed by atoms with van der Waals surface area (Å²) in [6.07, 6.45) is 2.12. The van der Waals surface area contributed by atoms with Gasteiger partial charge in [0.15, 0.2) is 0 Å². The van der Waals surface area contributed by atoms with Crippen LogP contribution in [0.2, 0.25) is 0 Å². The van der Waals surface area contributed by atoms with Crippen LogP contribution in [0.15, 0.2) is 24.3 Å². The Kier molecular flexibility index (Phi) is 4.83. The lowest BCUT2D eigenvalue weighted by Crippen LogP contribution is -2.41. The maximum atomic E-state index is 12.2. The van der Waals surface area contributed by atoms with E-state index in [1.165, 1.54) is 6.92 Å². The summed E-state index contributed by atoms with van der Waals surface area (Å²) in [5, 5.41) is 0. The monoisotopic (exact) mass is 289 g/mol. The molecule has 0 atom stereocenters. The van der Waals surface area contributed by atoms with E-state index in [1.54, 1.807) is 4.90 Å². The minimum Gasteiger partial charge on any atom is -0.378 e. The lowest BCUT2D eigenvalue weighted by atomic mass is 10.2. The van der Waals surface area contributed by atoms with E-state index in [9.17, 15) is 9.59 Å². The lowest BCUT2D eigenvalue weighted by Gasteiger charge is -2.24. The molecular weight excluding hydrogens is 266 g/mol. The van der Waals surface area contributed by atoms with Crippen LogP contribution in [0.1, 0.15) is 19.8 Å².